The van der Waals surface area contributed by atoms with Gasteiger partial charge < -0.3 is 15.4 Å². The summed E-state index contributed by atoms with van der Waals surface area (Å²) < 4.78 is 5.27. The number of aryl methyl sites for hydroxylation is 2. The molecule has 1 heterocycles. The molecular weight excluding hydrogens is 370 g/mol. The second-order valence-electron chi connectivity index (χ2n) is 7.49. The Morgan fingerprint density at radius 3 is 2.83 bits per heavy atom. The van der Waals surface area contributed by atoms with Gasteiger partial charge in [0, 0.05) is 0 Å². The average Bonchev–Trinajstić information content (AvgIpc) is 2.93. The zero-order valence-electron chi connectivity index (χ0n) is 16.5. The predicted molar refractivity (Wildman–Crippen MR) is 108 cm³/mol. The van der Waals surface area contributed by atoms with E-state index in [0.717, 1.165) is 34.4 Å². The Hall–Kier alpha value is -3.35. The highest BCUT2D eigenvalue weighted by atomic mass is 16.5. The summed E-state index contributed by atoms with van der Waals surface area (Å²) in [5, 5.41) is 5.60. The van der Waals surface area contributed by atoms with Gasteiger partial charge in [-0.3, -0.25) is 14.5 Å². The maximum Gasteiger partial charge on any atom is 0.325 e. The summed E-state index contributed by atoms with van der Waals surface area (Å²) in [6.45, 7) is 1.54. The van der Waals surface area contributed by atoms with Crippen LogP contribution in [0.4, 0.5) is 10.5 Å². The Kier molecular flexibility index (Phi) is 4.74. The van der Waals surface area contributed by atoms with Crippen molar-refractivity contribution >= 4 is 23.5 Å². The van der Waals surface area contributed by atoms with Crippen molar-refractivity contribution in [2.45, 2.75) is 31.7 Å². The van der Waals surface area contributed by atoms with Crippen LogP contribution in [0.3, 0.4) is 0 Å². The summed E-state index contributed by atoms with van der Waals surface area (Å²) in [7, 11) is 1.52. The highest BCUT2D eigenvalue weighted by Crippen LogP contribution is 2.39. The van der Waals surface area contributed by atoms with Crippen molar-refractivity contribution in [3.8, 4) is 5.75 Å². The van der Waals surface area contributed by atoms with Crippen molar-refractivity contribution in [3.05, 3.63) is 59.2 Å². The van der Waals surface area contributed by atoms with Crippen molar-refractivity contribution in [1.29, 1.82) is 0 Å². The van der Waals surface area contributed by atoms with E-state index in [4.69, 9.17) is 4.74 Å². The topological polar surface area (TPSA) is 87.7 Å². The molecule has 1 aliphatic carbocycles. The number of anilines is 1. The van der Waals surface area contributed by atoms with Gasteiger partial charge in [-0.15, -0.1) is 0 Å². The molecule has 7 heteroatoms. The summed E-state index contributed by atoms with van der Waals surface area (Å²) in [6.07, 6.45) is 2.19. The maximum absolute atomic E-state index is 13.3. The molecule has 2 aliphatic rings. The lowest BCUT2D eigenvalue weighted by Crippen LogP contribution is -2.47. The third-order valence-electron chi connectivity index (χ3n) is 5.58. The highest BCUT2D eigenvalue weighted by Gasteiger charge is 2.54. The molecule has 29 heavy (non-hydrogen) atoms. The molecule has 0 saturated carbocycles. The fourth-order valence-electron chi connectivity index (χ4n) is 4.21. The number of nitrogens with one attached hydrogen (secondary N) is 2. The number of urea groups is 1. The standard InChI is InChI=1S/C22H23N3O4/c1-14-9-10-18(29-2)17(12-14)23-19(26)13-25-20(27)22(24-21(25)28)11-5-7-15-6-3-4-8-16(15)22/h3-4,6,8-10,12H,5,7,11,13H2,1-2H3,(H,23,26)(H,24,28). The number of nitrogens with zero attached hydrogens (tertiary/aromatic N) is 1. The lowest BCUT2D eigenvalue weighted by Gasteiger charge is -2.33. The number of methoxy groups -OCH3 is 1. The normalized spacial score (nSPS) is 20.4. The van der Waals surface area contributed by atoms with E-state index in [-0.39, 0.29) is 12.5 Å². The van der Waals surface area contributed by atoms with Crippen LogP contribution in [0.25, 0.3) is 0 Å². The van der Waals surface area contributed by atoms with Crippen LogP contribution in [0.15, 0.2) is 42.5 Å². The van der Waals surface area contributed by atoms with Crippen molar-refractivity contribution in [2.75, 3.05) is 19.0 Å². The Morgan fingerprint density at radius 1 is 1.24 bits per heavy atom. The van der Waals surface area contributed by atoms with Crippen LogP contribution >= 0.6 is 0 Å². The third-order valence-corrected chi connectivity index (χ3v) is 5.58. The number of amides is 4. The van der Waals surface area contributed by atoms with Crippen LogP contribution < -0.4 is 15.4 Å². The SMILES string of the molecule is COc1ccc(C)cc1NC(=O)CN1C(=O)NC2(CCCc3ccccc32)C1=O. The first-order valence-electron chi connectivity index (χ1n) is 9.61. The van der Waals surface area contributed by atoms with E-state index in [0.29, 0.717) is 17.9 Å². The molecule has 1 unspecified atom stereocenters. The van der Waals surface area contributed by atoms with Crippen LogP contribution in [0, 0.1) is 6.92 Å². The van der Waals surface area contributed by atoms with E-state index in [1.165, 1.54) is 7.11 Å². The monoisotopic (exact) mass is 393 g/mol. The third kappa shape index (κ3) is 3.22. The number of imide groups is 1. The number of carbonyl (C=O) groups is 3. The molecule has 1 spiro atoms. The second-order valence-corrected chi connectivity index (χ2v) is 7.49. The molecule has 2 N–H and O–H groups in total. The first-order chi connectivity index (χ1) is 13.9. The van der Waals surface area contributed by atoms with E-state index >= 15 is 0 Å². The minimum absolute atomic E-state index is 0.355. The molecule has 2 aromatic rings. The van der Waals surface area contributed by atoms with Gasteiger partial charge in [0.1, 0.15) is 17.8 Å². The number of hydrogen-bond acceptors (Lipinski definition) is 4. The minimum Gasteiger partial charge on any atom is -0.495 e. The Balaban J connectivity index is 1.55. The molecule has 0 radical (unpaired) electrons. The molecule has 1 atom stereocenters. The molecule has 1 saturated heterocycles. The van der Waals surface area contributed by atoms with Crippen molar-refractivity contribution < 1.29 is 19.1 Å². The molecule has 150 valence electrons. The first-order valence-corrected chi connectivity index (χ1v) is 9.61. The summed E-state index contributed by atoms with van der Waals surface area (Å²) >= 11 is 0. The fraction of sp³-hybridized carbons (Fsp3) is 0.318. The van der Waals surface area contributed by atoms with E-state index in [1.807, 2.05) is 37.3 Å². The van der Waals surface area contributed by atoms with Gasteiger partial charge >= 0.3 is 6.03 Å². The summed E-state index contributed by atoms with van der Waals surface area (Å²) in [5.41, 5.74) is 2.26. The Morgan fingerprint density at radius 2 is 2.03 bits per heavy atom. The van der Waals surface area contributed by atoms with Crippen LogP contribution in [0.1, 0.15) is 29.5 Å². The molecule has 2 aromatic carbocycles. The van der Waals surface area contributed by atoms with Gasteiger partial charge in [0.15, 0.2) is 0 Å². The summed E-state index contributed by atoms with van der Waals surface area (Å²) in [4.78, 5) is 39.5. The Bertz CT molecular complexity index is 1000. The van der Waals surface area contributed by atoms with Gasteiger partial charge in [-0.1, -0.05) is 30.3 Å². The average molecular weight is 393 g/mol. The lowest BCUT2D eigenvalue weighted by atomic mass is 9.76. The molecule has 1 fully saturated rings. The number of rotatable bonds is 4. The van der Waals surface area contributed by atoms with E-state index in [9.17, 15) is 14.4 Å². The zero-order valence-corrected chi connectivity index (χ0v) is 16.5. The maximum atomic E-state index is 13.3. The van der Waals surface area contributed by atoms with Crippen molar-refractivity contribution in [1.82, 2.24) is 10.2 Å². The van der Waals surface area contributed by atoms with Gasteiger partial charge in [0.05, 0.1) is 12.8 Å². The number of hydrogen-bond donors (Lipinski definition) is 2. The smallest absolute Gasteiger partial charge is 0.325 e. The van der Waals surface area contributed by atoms with Gasteiger partial charge in [-0.2, -0.15) is 0 Å². The fourth-order valence-corrected chi connectivity index (χ4v) is 4.21. The van der Waals surface area contributed by atoms with Gasteiger partial charge in [-0.05, 0) is 55.0 Å². The van der Waals surface area contributed by atoms with Gasteiger partial charge in [0.25, 0.3) is 5.91 Å². The highest BCUT2D eigenvalue weighted by molar-refractivity contribution is 6.10. The zero-order chi connectivity index (χ0) is 20.6. The Labute approximate surface area is 169 Å². The quantitative estimate of drug-likeness (QED) is 0.782. The molecule has 0 bridgehead atoms. The van der Waals surface area contributed by atoms with Crippen LogP contribution in [-0.2, 0) is 21.5 Å². The molecule has 1 aliphatic heterocycles. The number of fused-ring (bicyclic) bond motifs is 2. The van der Waals surface area contributed by atoms with Crippen LogP contribution in [0.5, 0.6) is 5.75 Å². The number of ether oxygens (including phenoxy) is 1. The van der Waals surface area contributed by atoms with E-state index < -0.39 is 17.5 Å². The largest absolute Gasteiger partial charge is 0.495 e. The molecule has 4 amide bonds. The van der Waals surface area contributed by atoms with Crippen molar-refractivity contribution in [2.24, 2.45) is 0 Å². The first kappa shape index (κ1) is 19.0. The second kappa shape index (κ2) is 7.24. The van der Waals surface area contributed by atoms with Gasteiger partial charge in [-0.25, -0.2) is 4.79 Å². The van der Waals surface area contributed by atoms with E-state index in [2.05, 4.69) is 10.6 Å². The molecule has 0 aromatic heterocycles. The summed E-state index contributed by atoms with van der Waals surface area (Å²) in [5.74, 6) is -0.321. The van der Waals surface area contributed by atoms with Crippen molar-refractivity contribution in [3.63, 3.8) is 0 Å². The van der Waals surface area contributed by atoms with Gasteiger partial charge in [0.2, 0.25) is 5.91 Å². The minimum atomic E-state index is -1.08. The van der Waals surface area contributed by atoms with Crippen LogP contribution in [0.2, 0.25) is 0 Å². The summed E-state index contributed by atoms with van der Waals surface area (Å²) in [6, 6.07) is 12.5. The number of benzene rings is 2. The predicted octanol–water partition coefficient (Wildman–Crippen LogP) is 2.73. The lowest BCUT2D eigenvalue weighted by molar-refractivity contribution is -0.134. The molecule has 7 nitrogen and oxygen atoms in total. The van der Waals surface area contributed by atoms with E-state index in [1.54, 1.807) is 12.1 Å². The molecule has 4 rings (SSSR count). The number of carbonyl (C=O) groups excluding carboxylic acids is 3. The van der Waals surface area contributed by atoms with Crippen LogP contribution in [-0.4, -0.2) is 36.4 Å². The molecular formula is C22H23N3O4.